The lowest BCUT2D eigenvalue weighted by atomic mass is 9.98. The smallest absolute Gasteiger partial charge is 0.203 e. The topological polar surface area (TPSA) is 79.0 Å². The van der Waals surface area contributed by atoms with Gasteiger partial charge in [-0.1, -0.05) is 41.0 Å². The summed E-state index contributed by atoms with van der Waals surface area (Å²) in [6.45, 7) is 3.52. The summed E-state index contributed by atoms with van der Waals surface area (Å²) in [5.41, 5.74) is 10.1. The van der Waals surface area contributed by atoms with Gasteiger partial charge >= 0.3 is 0 Å². The normalized spacial score (nSPS) is 12.0. The van der Waals surface area contributed by atoms with E-state index in [0.717, 1.165) is 5.56 Å². The van der Waals surface area contributed by atoms with E-state index in [9.17, 15) is 9.18 Å². The molecule has 6 heteroatoms. The van der Waals surface area contributed by atoms with Crippen molar-refractivity contribution in [3.05, 3.63) is 80.3 Å². The van der Waals surface area contributed by atoms with E-state index in [1.807, 2.05) is 19.1 Å². The van der Waals surface area contributed by atoms with Gasteiger partial charge in [-0.05, 0) is 37.1 Å². The Labute approximate surface area is 137 Å². The molecule has 0 radical (unpaired) electrons. The SMILES string of the molecule is Cc1cccc(-c2c(C(C)N=[N+]=[N-])oc3cccc(F)c3c2=O)c1. The van der Waals surface area contributed by atoms with Gasteiger partial charge in [0.2, 0.25) is 5.43 Å². The summed E-state index contributed by atoms with van der Waals surface area (Å²) in [5, 5.41) is 3.52. The largest absolute Gasteiger partial charge is 0.460 e. The molecule has 0 saturated carbocycles. The second-order valence-corrected chi connectivity index (χ2v) is 5.53. The highest BCUT2D eigenvalue weighted by molar-refractivity contribution is 5.83. The van der Waals surface area contributed by atoms with E-state index in [4.69, 9.17) is 9.95 Å². The van der Waals surface area contributed by atoms with Crippen LogP contribution >= 0.6 is 0 Å². The molecule has 1 aromatic heterocycles. The molecule has 0 spiro atoms. The molecule has 0 bridgehead atoms. The number of aryl methyl sites for hydroxylation is 1. The minimum Gasteiger partial charge on any atom is -0.460 e. The number of hydrogen-bond acceptors (Lipinski definition) is 3. The fourth-order valence-corrected chi connectivity index (χ4v) is 2.71. The monoisotopic (exact) mass is 323 g/mol. The fraction of sp³-hybridized carbons (Fsp3) is 0.167. The number of rotatable bonds is 3. The van der Waals surface area contributed by atoms with E-state index >= 15 is 0 Å². The van der Waals surface area contributed by atoms with Crippen LogP contribution in [0.1, 0.15) is 24.3 Å². The fourth-order valence-electron chi connectivity index (χ4n) is 2.71. The molecule has 120 valence electrons. The Morgan fingerprint density at radius 3 is 2.71 bits per heavy atom. The zero-order valence-corrected chi connectivity index (χ0v) is 13.2. The van der Waals surface area contributed by atoms with Crippen molar-refractivity contribution in [3.63, 3.8) is 0 Å². The van der Waals surface area contributed by atoms with Gasteiger partial charge in [-0.2, -0.15) is 0 Å². The Bertz CT molecular complexity index is 1040. The first-order chi connectivity index (χ1) is 11.5. The third-order valence-electron chi connectivity index (χ3n) is 3.81. The highest BCUT2D eigenvalue weighted by Gasteiger charge is 2.21. The van der Waals surface area contributed by atoms with Crippen molar-refractivity contribution in [1.82, 2.24) is 0 Å². The third kappa shape index (κ3) is 2.64. The average Bonchev–Trinajstić information content (AvgIpc) is 2.54. The highest BCUT2D eigenvalue weighted by Crippen LogP contribution is 2.31. The third-order valence-corrected chi connectivity index (χ3v) is 3.81. The summed E-state index contributed by atoms with van der Waals surface area (Å²) in [4.78, 5) is 15.7. The van der Waals surface area contributed by atoms with E-state index in [1.165, 1.54) is 18.2 Å². The Hall–Kier alpha value is -3.11. The second kappa shape index (κ2) is 6.18. The number of hydrogen-bond donors (Lipinski definition) is 0. The maximum Gasteiger partial charge on any atom is 0.203 e. The van der Waals surface area contributed by atoms with E-state index in [-0.39, 0.29) is 22.3 Å². The highest BCUT2D eigenvalue weighted by atomic mass is 19.1. The lowest BCUT2D eigenvalue weighted by molar-refractivity contribution is 0.500. The van der Waals surface area contributed by atoms with Crippen molar-refractivity contribution in [1.29, 1.82) is 0 Å². The minimum absolute atomic E-state index is 0.106. The van der Waals surface area contributed by atoms with Crippen LogP contribution in [-0.4, -0.2) is 0 Å². The maximum atomic E-state index is 14.2. The lowest BCUT2D eigenvalue weighted by Crippen LogP contribution is -2.11. The van der Waals surface area contributed by atoms with Crippen LogP contribution < -0.4 is 5.43 Å². The van der Waals surface area contributed by atoms with Crippen LogP contribution in [0.3, 0.4) is 0 Å². The number of nitrogens with zero attached hydrogens (tertiary/aromatic N) is 3. The molecular formula is C18H14FN3O2. The predicted molar refractivity (Wildman–Crippen MR) is 90.2 cm³/mol. The number of azide groups is 1. The summed E-state index contributed by atoms with van der Waals surface area (Å²) in [7, 11) is 0. The Kier molecular flexibility index (Phi) is 4.06. The minimum atomic E-state index is -0.703. The zero-order chi connectivity index (χ0) is 17.3. The molecule has 1 heterocycles. The van der Waals surface area contributed by atoms with Gasteiger partial charge in [0, 0.05) is 4.91 Å². The molecule has 24 heavy (non-hydrogen) atoms. The molecule has 0 fully saturated rings. The van der Waals surface area contributed by atoms with Crippen LogP contribution in [-0.2, 0) is 0 Å². The summed E-state index contributed by atoms with van der Waals surface area (Å²) in [6, 6.07) is 10.8. The molecule has 0 aliphatic heterocycles. The van der Waals surface area contributed by atoms with Gasteiger partial charge in [0.1, 0.15) is 22.5 Å². The van der Waals surface area contributed by atoms with Crippen molar-refractivity contribution >= 4 is 11.0 Å². The van der Waals surface area contributed by atoms with E-state index in [2.05, 4.69) is 10.0 Å². The van der Waals surface area contributed by atoms with Crippen molar-refractivity contribution in [2.75, 3.05) is 0 Å². The number of fused-ring (bicyclic) bond motifs is 1. The van der Waals surface area contributed by atoms with Crippen molar-refractivity contribution in [2.45, 2.75) is 19.9 Å². The van der Waals surface area contributed by atoms with Crippen molar-refractivity contribution in [3.8, 4) is 11.1 Å². The molecular weight excluding hydrogens is 309 g/mol. The quantitative estimate of drug-likeness (QED) is 0.373. The molecule has 2 aromatic carbocycles. The second-order valence-electron chi connectivity index (χ2n) is 5.53. The van der Waals surface area contributed by atoms with E-state index in [0.29, 0.717) is 5.56 Å². The molecule has 5 nitrogen and oxygen atoms in total. The van der Waals surface area contributed by atoms with Gasteiger partial charge in [0.25, 0.3) is 0 Å². The van der Waals surface area contributed by atoms with Gasteiger partial charge in [-0.15, -0.1) is 0 Å². The first-order valence-corrected chi connectivity index (χ1v) is 7.39. The van der Waals surface area contributed by atoms with Crippen LogP contribution in [0.25, 0.3) is 32.5 Å². The Balaban J connectivity index is 2.46. The Morgan fingerprint density at radius 1 is 1.25 bits per heavy atom. The Morgan fingerprint density at radius 2 is 2.00 bits per heavy atom. The van der Waals surface area contributed by atoms with Crippen LogP contribution in [0.2, 0.25) is 0 Å². The van der Waals surface area contributed by atoms with Gasteiger partial charge in [-0.25, -0.2) is 4.39 Å². The van der Waals surface area contributed by atoms with Gasteiger partial charge < -0.3 is 4.42 Å². The van der Waals surface area contributed by atoms with Crippen LogP contribution in [0.5, 0.6) is 0 Å². The predicted octanol–water partition coefficient (Wildman–Crippen LogP) is 5.28. The molecule has 3 aromatic rings. The molecule has 1 unspecified atom stereocenters. The average molecular weight is 323 g/mol. The van der Waals surface area contributed by atoms with Crippen LogP contribution in [0.4, 0.5) is 4.39 Å². The zero-order valence-electron chi connectivity index (χ0n) is 13.2. The van der Waals surface area contributed by atoms with Gasteiger partial charge in [0.15, 0.2) is 0 Å². The summed E-state index contributed by atoms with van der Waals surface area (Å²) >= 11 is 0. The summed E-state index contributed by atoms with van der Waals surface area (Å²) in [5.74, 6) is -0.417. The molecule has 0 aliphatic carbocycles. The van der Waals surface area contributed by atoms with Crippen molar-refractivity contribution in [2.24, 2.45) is 5.11 Å². The molecule has 0 saturated heterocycles. The van der Waals surface area contributed by atoms with Gasteiger partial charge in [0.05, 0.1) is 11.6 Å². The molecule has 0 aliphatic rings. The van der Waals surface area contributed by atoms with Gasteiger partial charge in [-0.3, -0.25) is 4.79 Å². The number of benzene rings is 2. The first-order valence-electron chi connectivity index (χ1n) is 7.39. The van der Waals surface area contributed by atoms with E-state index < -0.39 is 17.3 Å². The van der Waals surface area contributed by atoms with Crippen LogP contribution in [0.15, 0.2) is 56.8 Å². The molecule has 3 rings (SSSR count). The lowest BCUT2D eigenvalue weighted by Gasteiger charge is -2.13. The van der Waals surface area contributed by atoms with E-state index in [1.54, 1.807) is 19.1 Å². The molecule has 0 amide bonds. The summed E-state index contributed by atoms with van der Waals surface area (Å²) < 4.78 is 19.9. The summed E-state index contributed by atoms with van der Waals surface area (Å²) in [6.07, 6.45) is 0. The first kappa shape index (κ1) is 15.8. The molecule has 1 atom stereocenters. The maximum absolute atomic E-state index is 14.2. The standard InChI is InChI=1S/C18H14FN3O2/c1-10-5-3-6-12(9-10)15-17(23)16-13(19)7-4-8-14(16)24-18(15)11(2)21-22-20/h3-9,11H,1-2H3. The van der Waals surface area contributed by atoms with Crippen LogP contribution in [0, 0.1) is 12.7 Å². The van der Waals surface area contributed by atoms with Crippen molar-refractivity contribution < 1.29 is 8.81 Å². The molecule has 0 N–H and O–H groups in total. The number of halogens is 1.